The van der Waals surface area contributed by atoms with Crippen molar-refractivity contribution < 1.29 is 32.6 Å². The summed E-state index contributed by atoms with van der Waals surface area (Å²) in [6, 6.07) is 31.9. The first-order valence-electron chi connectivity index (χ1n) is 19.5. The van der Waals surface area contributed by atoms with Crippen LogP contribution in [-0.2, 0) is 23.1 Å². The molecule has 1 fully saturated rings. The minimum Gasteiger partial charge on any atom is -0.546 e. The molecule has 3 atom stereocenters. The summed E-state index contributed by atoms with van der Waals surface area (Å²) < 4.78 is 38.8. The monoisotopic (exact) mass is 754 g/mol. The molecule has 0 radical (unpaired) electrons. The van der Waals surface area contributed by atoms with Crippen molar-refractivity contribution in [3.05, 3.63) is 108 Å². The molecule has 3 aromatic carbocycles. The van der Waals surface area contributed by atoms with Crippen molar-refractivity contribution in [2.75, 3.05) is 27.1 Å². The van der Waals surface area contributed by atoms with Gasteiger partial charge in [0.2, 0.25) is 8.32 Å². The number of rotatable bonds is 17. The minimum atomic E-state index is -2.83. The third-order valence-corrected chi connectivity index (χ3v) is 21.6. The number of ether oxygens (including phenoxy) is 4. The van der Waals surface area contributed by atoms with E-state index in [1.165, 1.54) is 10.4 Å². The van der Waals surface area contributed by atoms with E-state index in [1.807, 2.05) is 24.3 Å². The highest BCUT2D eigenvalue weighted by atomic mass is 28.4. The Kier molecular flexibility index (Phi) is 12.1. The number of esters is 1. The molecular formula is C44H58O7Si2. The minimum absolute atomic E-state index is 0.0291. The maximum Gasteiger partial charge on any atom is 0.317 e. The second kappa shape index (κ2) is 16.4. The zero-order valence-electron chi connectivity index (χ0n) is 32.7. The second-order valence-corrected chi connectivity index (χ2v) is 24.8. The molecule has 3 aromatic rings. The van der Waals surface area contributed by atoms with Gasteiger partial charge >= 0.3 is 5.97 Å². The molecule has 9 heteroatoms. The molecule has 6 rings (SSSR count). The van der Waals surface area contributed by atoms with Gasteiger partial charge < -0.3 is 27.8 Å². The van der Waals surface area contributed by atoms with Crippen LogP contribution >= 0.6 is 0 Å². The summed E-state index contributed by atoms with van der Waals surface area (Å²) in [5.41, 5.74) is 1.30. The maximum atomic E-state index is 14.4. The average Bonchev–Trinajstić information content (AvgIpc) is 3.44. The van der Waals surface area contributed by atoms with Gasteiger partial charge in [-0.05, 0) is 94.6 Å². The Labute approximate surface area is 318 Å². The predicted octanol–water partition coefficient (Wildman–Crippen LogP) is 8.94. The first-order valence-corrected chi connectivity index (χ1v) is 23.9. The smallest absolute Gasteiger partial charge is 0.317 e. The van der Waals surface area contributed by atoms with Crippen LogP contribution in [0.25, 0.3) is 0 Å². The Morgan fingerprint density at radius 1 is 0.849 bits per heavy atom. The van der Waals surface area contributed by atoms with Gasteiger partial charge in [0.1, 0.15) is 17.6 Å². The number of hydrogen-bond donors (Lipinski definition) is 0. The molecule has 0 spiro atoms. The van der Waals surface area contributed by atoms with Crippen LogP contribution in [0.4, 0.5) is 0 Å². The highest BCUT2D eigenvalue weighted by Crippen LogP contribution is 2.57. The number of allylic oxidation sites excluding steroid dienone is 1. The van der Waals surface area contributed by atoms with Crippen LogP contribution in [0.15, 0.2) is 108 Å². The van der Waals surface area contributed by atoms with Crippen molar-refractivity contribution in [1.29, 1.82) is 0 Å². The largest absolute Gasteiger partial charge is 0.546 e. The van der Waals surface area contributed by atoms with Crippen LogP contribution < -0.4 is 19.8 Å². The quantitative estimate of drug-likeness (QED) is 0.0448. The summed E-state index contributed by atoms with van der Waals surface area (Å²) in [5, 5.41) is 2.27. The average molecular weight is 755 g/mol. The summed E-state index contributed by atoms with van der Waals surface area (Å²) in [5.74, 6) is 2.29. The zero-order chi connectivity index (χ0) is 37.7. The second-order valence-electron chi connectivity index (χ2n) is 15.8. The molecule has 1 aliphatic heterocycles. The number of hydrogen-bond acceptors (Lipinski definition) is 7. The molecule has 53 heavy (non-hydrogen) atoms. The van der Waals surface area contributed by atoms with Crippen molar-refractivity contribution >= 4 is 33.0 Å². The molecule has 4 bridgehead atoms. The maximum absolute atomic E-state index is 14.4. The van der Waals surface area contributed by atoms with Gasteiger partial charge in [-0.25, -0.2) is 0 Å². The van der Waals surface area contributed by atoms with Gasteiger partial charge in [0.15, 0.2) is 6.79 Å². The first kappa shape index (κ1) is 39.1. The van der Waals surface area contributed by atoms with E-state index in [-0.39, 0.29) is 29.8 Å². The van der Waals surface area contributed by atoms with Gasteiger partial charge in [-0.2, -0.15) is 0 Å². The van der Waals surface area contributed by atoms with Crippen molar-refractivity contribution in [3.8, 4) is 11.5 Å². The van der Waals surface area contributed by atoms with Crippen molar-refractivity contribution in [2.24, 2.45) is 11.3 Å². The Bertz CT molecular complexity index is 1700. The van der Waals surface area contributed by atoms with Crippen molar-refractivity contribution in [2.45, 2.75) is 96.5 Å². The summed E-state index contributed by atoms with van der Waals surface area (Å²) in [6.45, 7) is 14.5. The lowest BCUT2D eigenvalue weighted by molar-refractivity contribution is -0.151. The number of carbonyl (C=O) groups is 1. The van der Waals surface area contributed by atoms with Gasteiger partial charge in [0.25, 0.3) is 8.32 Å². The van der Waals surface area contributed by atoms with E-state index in [0.717, 1.165) is 53.6 Å². The number of carbonyl (C=O) groups excluding carboxylic acids is 1. The van der Waals surface area contributed by atoms with E-state index in [1.54, 1.807) is 7.11 Å². The molecule has 3 aliphatic rings. The Morgan fingerprint density at radius 3 is 2.02 bits per heavy atom. The Balaban J connectivity index is 1.35. The lowest BCUT2D eigenvalue weighted by Crippen LogP contribution is -2.66. The summed E-state index contributed by atoms with van der Waals surface area (Å²) >= 11 is 0. The van der Waals surface area contributed by atoms with E-state index >= 15 is 0 Å². The lowest BCUT2D eigenvalue weighted by atomic mass is 9.71. The van der Waals surface area contributed by atoms with Crippen molar-refractivity contribution in [1.82, 2.24) is 0 Å². The third kappa shape index (κ3) is 7.55. The fourth-order valence-corrected chi connectivity index (χ4v) is 16.2. The van der Waals surface area contributed by atoms with Crippen LogP contribution in [0.3, 0.4) is 0 Å². The number of methoxy groups -OCH3 is 1. The number of benzene rings is 3. The molecule has 0 amide bonds. The van der Waals surface area contributed by atoms with E-state index < -0.39 is 22.0 Å². The summed E-state index contributed by atoms with van der Waals surface area (Å²) in [6.07, 6.45) is 4.71. The van der Waals surface area contributed by atoms with Crippen LogP contribution in [0.2, 0.25) is 23.2 Å². The van der Waals surface area contributed by atoms with Crippen LogP contribution in [-0.4, -0.2) is 55.8 Å². The molecule has 7 nitrogen and oxygen atoms in total. The zero-order valence-corrected chi connectivity index (χ0v) is 34.7. The Morgan fingerprint density at radius 2 is 1.45 bits per heavy atom. The standard InChI is InChI=1S/C44H58O7Si2/c1-8-52(9-2,10-3)51-40-33(31-47-32-48-35-26-24-34(46-7)25-27-35)30-44(39-23-17-22-38(40)41(39)50-42(44)45)28-29-49-53(43(4,5)6,36-18-13-11-14-19-36)37-20-15-12-16-21-37/h11-16,18-21,23-27,38,41H,8-10,17,22,28-32H2,1-7H3/t38-,41-,44+/m1/s1. The van der Waals surface area contributed by atoms with E-state index in [4.69, 9.17) is 27.8 Å². The highest BCUT2D eigenvalue weighted by Gasteiger charge is 2.60. The molecule has 0 N–H and O–H groups in total. The summed E-state index contributed by atoms with van der Waals surface area (Å²) in [7, 11) is -3.26. The van der Waals surface area contributed by atoms with Crippen LogP contribution in [0, 0.1) is 11.3 Å². The topological polar surface area (TPSA) is 72.5 Å². The highest BCUT2D eigenvalue weighted by molar-refractivity contribution is 6.99. The molecule has 2 aliphatic carbocycles. The fraction of sp³-hybridized carbons (Fsp3) is 0.477. The SMILES string of the molecule is CC[Si](CC)(CC)OC1=C(COCOc2ccc(OC)cc2)C[C@]2(CCO[Si](c3ccccc3)(c3ccccc3)C(C)(C)C)C(=O)O[C@H]3C2=CCC[C@H]13. The van der Waals surface area contributed by atoms with Crippen LogP contribution in [0.5, 0.6) is 11.5 Å². The molecule has 1 saturated heterocycles. The molecule has 0 aromatic heterocycles. The van der Waals surface area contributed by atoms with Gasteiger partial charge in [0.05, 0.1) is 30.8 Å². The predicted molar refractivity (Wildman–Crippen MR) is 216 cm³/mol. The molecular weight excluding hydrogens is 697 g/mol. The fourth-order valence-electron chi connectivity index (χ4n) is 8.91. The van der Waals surface area contributed by atoms with E-state index in [0.29, 0.717) is 31.8 Å². The lowest BCUT2D eigenvalue weighted by Gasteiger charge is -2.43. The van der Waals surface area contributed by atoms with Crippen LogP contribution in [0.1, 0.15) is 67.2 Å². The van der Waals surface area contributed by atoms with E-state index in [9.17, 15) is 4.79 Å². The molecule has 0 saturated carbocycles. The normalized spacial score (nSPS) is 21.5. The van der Waals surface area contributed by atoms with Crippen molar-refractivity contribution in [3.63, 3.8) is 0 Å². The van der Waals surface area contributed by atoms with E-state index in [2.05, 4.69) is 108 Å². The molecule has 1 heterocycles. The Hall–Kier alpha value is -3.64. The molecule has 284 valence electrons. The van der Waals surface area contributed by atoms with Gasteiger partial charge in [-0.3, -0.25) is 4.79 Å². The molecule has 0 unspecified atom stereocenters. The first-order chi connectivity index (χ1) is 25.6. The van der Waals surface area contributed by atoms with Gasteiger partial charge in [0, 0.05) is 6.61 Å². The third-order valence-electron chi connectivity index (χ3n) is 12.1. The van der Waals surface area contributed by atoms with Gasteiger partial charge in [-0.15, -0.1) is 0 Å². The summed E-state index contributed by atoms with van der Waals surface area (Å²) in [4.78, 5) is 14.4. The van der Waals surface area contributed by atoms with Gasteiger partial charge in [-0.1, -0.05) is 108 Å².